The number of hydrogen-bond donors (Lipinski definition) is 2. The first-order valence-electron chi connectivity index (χ1n) is 11.3. The summed E-state index contributed by atoms with van der Waals surface area (Å²) in [7, 11) is 0. The van der Waals surface area contributed by atoms with Crippen molar-refractivity contribution in [1.82, 2.24) is 0 Å². The van der Waals surface area contributed by atoms with Crippen molar-refractivity contribution in [1.29, 1.82) is 0 Å². The van der Waals surface area contributed by atoms with Crippen LogP contribution in [0.15, 0.2) is 36.4 Å². The quantitative estimate of drug-likeness (QED) is 0.635. The monoisotopic (exact) mass is 398 g/mol. The van der Waals surface area contributed by atoms with E-state index in [1.165, 1.54) is 24.8 Å². The lowest BCUT2D eigenvalue weighted by Gasteiger charge is -2.37. The summed E-state index contributed by atoms with van der Waals surface area (Å²) in [6, 6.07) is 7.23. The van der Waals surface area contributed by atoms with Gasteiger partial charge < -0.3 is 14.9 Å². The van der Waals surface area contributed by atoms with Gasteiger partial charge in [-0.25, -0.2) is 4.79 Å². The van der Waals surface area contributed by atoms with Gasteiger partial charge in [0.15, 0.2) is 0 Å². The molecule has 4 rings (SSSR count). The summed E-state index contributed by atoms with van der Waals surface area (Å²) < 4.78 is 6.23. The van der Waals surface area contributed by atoms with E-state index in [-0.39, 0.29) is 11.5 Å². The maximum atomic E-state index is 11.0. The number of fused-ring (bicyclic) bond motifs is 2. The van der Waals surface area contributed by atoms with E-state index in [9.17, 15) is 9.90 Å². The maximum absolute atomic E-state index is 11.0. The van der Waals surface area contributed by atoms with Gasteiger partial charge in [0.05, 0.1) is 23.9 Å². The summed E-state index contributed by atoms with van der Waals surface area (Å²) in [5.41, 5.74) is 1.53. The molecule has 5 atom stereocenters. The fourth-order valence-corrected chi connectivity index (χ4v) is 5.72. The number of ether oxygens (including phenoxy) is 1. The number of carbonyl (C=O) groups is 1. The second kappa shape index (κ2) is 8.61. The van der Waals surface area contributed by atoms with Crippen LogP contribution in [-0.2, 0) is 11.2 Å². The molecule has 1 aromatic rings. The molecule has 2 aliphatic heterocycles. The SMILES string of the molecule is CC1(C(O)C=C[C@H]2[C@@H](CCc3ccc(C(=O)O)cc3)[C@H]3CC[C@@H]2O3)CCCCC1. The van der Waals surface area contributed by atoms with Crippen molar-refractivity contribution in [2.24, 2.45) is 17.3 Å². The van der Waals surface area contributed by atoms with Crippen LogP contribution >= 0.6 is 0 Å². The molecule has 0 spiro atoms. The molecular formula is C25H34O4. The third kappa shape index (κ3) is 4.44. The Morgan fingerprint density at radius 1 is 1.17 bits per heavy atom. The van der Waals surface area contributed by atoms with Crippen LogP contribution in [0.3, 0.4) is 0 Å². The highest BCUT2D eigenvalue weighted by atomic mass is 16.5. The highest BCUT2D eigenvalue weighted by molar-refractivity contribution is 5.87. The summed E-state index contributed by atoms with van der Waals surface area (Å²) in [6.07, 6.45) is 14.8. The number of aromatic carboxylic acids is 1. The van der Waals surface area contributed by atoms with E-state index in [4.69, 9.17) is 9.84 Å². The molecule has 2 saturated heterocycles. The van der Waals surface area contributed by atoms with E-state index in [2.05, 4.69) is 19.1 Å². The molecule has 4 nitrogen and oxygen atoms in total. The minimum absolute atomic E-state index is 0.0224. The van der Waals surface area contributed by atoms with E-state index in [0.717, 1.165) is 38.5 Å². The molecule has 2 N–H and O–H groups in total. The minimum Gasteiger partial charge on any atom is -0.478 e. The zero-order valence-corrected chi connectivity index (χ0v) is 17.4. The van der Waals surface area contributed by atoms with Crippen molar-refractivity contribution in [3.63, 3.8) is 0 Å². The lowest BCUT2D eigenvalue weighted by molar-refractivity contribution is 0.0431. The van der Waals surface area contributed by atoms with Crippen LogP contribution in [0, 0.1) is 17.3 Å². The molecule has 4 heteroatoms. The average molecular weight is 399 g/mol. The van der Waals surface area contributed by atoms with Crippen LogP contribution in [-0.4, -0.2) is 34.5 Å². The van der Waals surface area contributed by atoms with E-state index in [1.54, 1.807) is 12.1 Å². The zero-order chi connectivity index (χ0) is 20.4. The number of benzene rings is 1. The molecule has 3 aliphatic rings. The summed E-state index contributed by atoms with van der Waals surface area (Å²) in [5.74, 6) is -0.0159. The first-order valence-corrected chi connectivity index (χ1v) is 11.3. The molecule has 1 saturated carbocycles. The molecule has 29 heavy (non-hydrogen) atoms. The van der Waals surface area contributed by atoms with Gasteiger partial charge in [-0.3, -0.25) is 0 Å². The van der Waals surface area contributed by atoms with Gasteiger partial charge >= 0.3 is 5.97 Å². The van der Waals surface area contributed by atoms with Gasteiger partial charge in [0.1, 0.15) is 0 Å². The molecule has 1 unspecified atom stereocenters. The van der Waals surface area contributed by atoms with Crippen LogP contribution in [0.5, 0.6) is 0 Å². The zero-order valence-electron chi connectivity index (χ0n) is 17.4. The molecule has 0 aromatic heterocycles. The van der Waals surface area contributed by atoms with Crippen LogP contribution < -0.4 is 0 Å². The number of hydrogen-bond acceptors (Lipinski definition) is 3. The molecule has 0 amide bonds. The number of carboxylic acid groups (broad SMARTS) is 1. The van der Waals surface area contributed by atoms with Gasteiger partial charge in [0.2, 0.25) is 0 Å². The van der Waals surface area contributed by atoms with Gasteiger partial charge in [0.25, 0.3) is 0 Å². The first kappa shape index (κ1) is 20.6. The Kier molecular flexibility index (Phi) is 6.12. The first-order chi connectivity index (χ1) is 14.0. The van der Waals surface area contributed by atoms with Gasteiger partial charge in [0, 0.05) is 5.92 Å². The third-order valence-corrected chi connectivity index (χ3v) is 7.68. The average Bonchev–Trinajstić information content (AvgIpc) is 3.33. The van der Waals surface area contributed by atoms with E-state index >= 15 is 0 Å². The summed E-state index contributed by atoms with van der Waals surface area (Å²) in [6.45, 7) is 2.23. The Hall–Kier alpha value is -1.65. The van der Waals surface area contributed by atoms with Crippen molar-refractivity contribution in [3.05, 3.63) is 47.5 Å². The van der Waals surface area contributed by atoms with Crippen molar-refractivity contribution < 1.29 is 19.7 Å². The predicted molar refractivity (Wildman–Crippen MR) is 113 cm³/mol. The van der Waals surface area contributed by atoms with Gasteiger partial charge in [-0.05, 0) is 67.6 Å². The fourth-order valence-electron chi connectivity index (χ4n) is 5.72. The van der Waals surface area contributed by atoms with Crippen LogP contribution in [0.25, 0.3) is 0 Å². The normalized spacial score (nSPS) is 31.9. The lowest BCUT2D eigenvalue weighted by atomic mass is 9.71. The highest BCUT2D eigenvalue weighted by Crippen LogP contribution is 2.47. The third-order valence-electron chi connectivity index (χ3n) is 7.68. The standard InChI is InChI=1S/C25H34O4/c1-25(15-3-2-4-16-25)23(26)14-11-20-19(21-12-13-22(20)29-21)10-7-17-5-8-18(9-6-17)24(27)28/h5-6,8-9,11,14,19-23,26H,2-4,7,10,12-13,15-16H2,1H3,(H,27,28)/t19-,20+,21-,22+,23?/m1/s1. The van der Waals surface area contributed by atoms with E-state index < -0.39 is 5.97 Å². The Labute approximate surface area is 174 Å². The maximum Gasteiger partial charge on any atom is 0.335 e. The van der Waals surface area contributed by atoms with E-state index in [1.807, 2.05) is 12.1 Å². The molecule has 2 heterocycles. The Morgan fingerprint density at radius 3 is 2.55 bits per heavy atom. The van der Waals surface area contributed by atoms with E-state index in [0.29, 0.717) is 29.6 Å². The van der Waals surface area contributed by atoms with Gasteiger partial charge in [-0.15, -0.1) is 0 Å². The molecule has 1 aliphatic carbocycles. The summed E-state index contributed by atoms with van der Waals surface area (Å²) >= 11 is 0. The van der Waals surface area contributed by atoms with Crippen molar-refractivity contribution in [2.75, 3.05) is 0 Å². The van der Waals surface area contributed by atoms with Gasteiger partial charge in [-0.1, -0.05) is 50.5 Å². The summed E-state index contributed by atoms with van der Waals surface area (Å²) in [4.78, 5) is 11.0. The van der Waals surface area contributed by atoms with Crippen molar-refractivity contribution in [2.45, 2.75) is 83.0 Å². The van der Waals surface area contributed by atoms with Crippen LogP contribution in [0.2, 0.25) is 0 Å². The number of rotatable bonds is 7. The molecule has 1 aromatic carbocycles. The second-order valence-corrected chi connectivity index (χ2v) is 9.62. The molecular weight excluding hydrogens is 364 g/mol. The fraction of sp³-hybridized carbons (Fsp3) is 0.640. The predicted octanol–water partition coefficient (Wildman–Crippen LogP) is 5.00. The highest BCUT2D eigenvalue weighted by Gasteiger charge is 2.47. The van der Waals surface area contributed by atoms with Crippen molar-refractivity contribution in [3.8, 4) is 0 Å². The topological polar surface area (TPSA) is 66.8 Å². The Bertz CT molecular complexity index is 732. The minimum atomic E-state index is -0.881. The van der Waals surface area contributed by atoms with Crippen LogP contribution in [0.4, 0.5) is 0 Å². The largest absolute Gasteiger partial charge is 0.478 e. The molecule has 0 radical (unpaired) electrons. The second-order valence-electron chi connectivity index (χ2n) is 9.62. The van der Waals surface area contributed by atoms with Crippen molar-refractivity contribution >= 4 is 5.97 Å². The number of aryl methyl sites for hydroxylation is 1. The molecule has 3 fully saturated rings. The van der Waals surface area contributed by atoms with Gasteiger partial charge in [-0.2, -0.15) is 0 Å². The summed E-state index contributed by atoms with van der Waals surface area (Å²) in [5, 5.41) is 19.9. The number of aliphatic hydroxyl groups is 1. The molecule has 2 bridgehead atoms. The Morgan fingerprint density at radius 2 is 1.86 bits per heavy atom. The lowest BCUT2D eigenvalue weighted by Crippen LogP contribution is -2.33. The number of carboxylic acids is 1. The van der Waals surface area contributed by atoms with Crippen LogP contribution in [0.1, 0.15) is 74.2 Å². The smallest absolute Gasteiger partial charge is 0.335 e. The number of aliphatic hydroxyl groups excluding tert-OH is 1. The molecule has 158 valence electrons. The Balaban J connectivity index is 1.39.